The van der Waals surface area contributed by atoms with Gasteiger partial charge in [-0.05, 0) is 19.8 Å². The van der Waals surface area contributed by atoms with Gasteiger partial charge in [-0.3, -0.25) is 0 Å². The van der Waals surface area contributed by atoms with Crippen LogP contribution in [0.25, 0.3) is 11.4 Å². The van der Waals surface area contributed by atoms with Gasteiger partial charge in [0.1, 0.15) is 17.4 Å². The maximum atomic E-state index is 5.12. The molecule has 4 rings (SSSR count). The molecule has 0 saturated heterocycles. The third-order valence-electron chi connectivity index (χ3n) is 4.35. The first-order valence-electron chi connectivity index (χ1n) is 8.68. The van der Waals surface area contributed by atoms with Crippen LogP contribution in [0.4, 0.5) is 17.5 Å². The second kappa shape index (κ2) is 6.93. The summed E-state index contributed by atoms with van der Waals surface area (Å²) in [5, 5.41) is 10.7. The Morgan fingerprint density at radius 3 is 2.44 bits per heavy atom. The number of hydrogen-bond donors (Lipinski definition) is 2. The molecule has 0 spiro atoms. The molecule has 1 aliphatic carbocycles. The van der Waals surface area contributed by atoms with Crippen molar-refractivity contribution in [2.24, 2.45) is 0 Å². The molecule has 6 nitrogen and oxygen atoms in total. The van der Waals surface area contributed by atoms with E-state index >= 15 is 0 Å². The zero-order valence-electron chi connectivity index (χ0n) is 14.2. The van der Waals surface area contributed by atoms with Gasteiger partial charge in [0.2, 0.25) is 0 Å². The van der Waals surface area contributed by atoms with Gasteiger partial charge >= 0.3 is 0 Å². The Labute approximate surface area is 146 Å². The molecule has 3 aromatic rings. The lowest BCUT2D eigenvalue weighted by Crippen LogP contribution is -2.16. The predicted octanol–water partition coefficient (Wildman–Crippen LogP) is 4.54. The molecular weight excluding hydrogens is 314 g/mol. The van der Waals surface area contributed by atoms with Crippen LogP contribution in [0.1, 0.15) is 31.4 Å². The standard InChI is InChI=1S/C19H21N5O/c1-13-11-18(24-25-13)21-17-12-16(20-15-9-5-6-10-15)22-19(23-17)14-7-3-2-4-8-14/h2-4,7-8,11-12,15H,5-6,9-10H2,1H3,(H2,20,21,22,23,24). The minimum Gasteiger partial charge on any atom is -0.367 e. The monoisotopic (exact) mass is 335 g/mol. The normalized spacial score (nSPS) is 14.6. The summed E-state index contributed by atoms with van der Waals surface area (Å²) < 4.78 is 5.12. The minimum absolute atomic E-state index is 0.487. The highest BCUT2D eigenvalue weighted by molar-refractivity contribution is 5.64. The van der Waals surface area contributed by atoms with Gasteiger partial charge in [0.15, 0.2) is 11.6 Å². The molecular formula is C19H21N5O. The first-order valence-corrected chi connectivity index (χ1v) is 8.68. The molecule has 6 heteroatoms. The fraction of sp³-hybridized carbons (Fsp3) is 0.316. The van der Waals surface area contributed by atoms with Gasteiger partial charge < -0.3 is 15.2 Å². The topological polar surface area (TPSA) is 75.9 Å². The maximum absolute atomic E-state index is 5.12. The van der Waals surface area contributed by atoms with E-state index in [1.165, 1.54) is 25.7 Å². The van der Waals surface area contributed by atoms with E-state index in [0.717, 1.165) is 17.1 Å². The molecule has 0 bridgehead atoms. The molecule has 2 aromatic heterocycles. The van der Waals surface area contributed by atoms with Crippen LogP contribution in [0, 0.1) is 6.92 Å². The van der Waals surface area contributed by atoms with Crippen LogP contribution in [-0.4, -0.2) is 21.2 Å². The van der Waals surface area contributed by atoms with E-state index in [1.54, 1.807) is 0 Å². The second-order valence-corrected chi connectivity index (χ2v) is 6.40. The SMILES string of the molecule is Cc1cc(Nc2cc(NC3CCCC3)nc(-c3ccccc3)n2)no1. The Morgan fingerprint density at radius 2 is 1.72 bits per heavy atom. The number of hydrogen-bond acceptors (Lipinski definition) is 6. The first kappa shape index (κ1) is 15.6. The van der Waals surface area contributed by atoms with E-state index in [0.29, 0.717) is 23.5 Å². The van der Waals surface area contributed by atoms with Gasteiger partial charge in [-0.2, -0.15) is 0 Å². The molecule has 0 aliphatic heterocycles. The van der Waals surface area contributed by atoms with Crippen molar-refractivity contribution in [3.63, 3.8) is 0 Å². The quantitative estimate of drug-likeness (QED) is 0.713. The van der Waals surface area contributed by atoms with Crippen LogP contribution >= 0.6 is 0 Å². The summed E-state index contributed by atoms with van der Waals surface area (Å²) in [6.45, 7) is 1.86. The van der Waals surface area contributed by atoms with E-state index in [4.69, 9.17) is 9.51 Å². The number of nitrogens with one attached hydrogen (secondary N) is 2. The van der Waals surface area contributed by atoms with Gasteiger partial charge in [-0.1, -0.05) is 48.3 Å². The number of rotatable bonds is 5. The third-order valence-corrected chi connectivity index (χ3v) is 4.35. The molecule has 0 atom stereocenters. The molecule has 0 amide bonds. The summed E-state index contributed by atoms with van der Waals surface area (Å²) in [5.41, 5.74) is 0.983. The van der Waals surface area contributed by atoms with E-state index < -0.39 is 0 Å². The van der Waals surface area contributed by atoms with Crippen molar-refractivity contribution in [1.29, 1.82) is 0 Å². The van der Waals surface area contributed by atoms with E-state index in [2.05, 4.69) is 20.8 Å². The van der Waals surface area contributed by atoms with Gasteiger partial charge in [0, 0.05) is 23.7 Å². The Bertz CT molecular complexity index is 840. The van der Waals surface area contributed by atoms with Crippen molar-refractivity contribution in [3.8, 4) is 11.4 Å². The van der Waals surface area contributed by atoms with E-state index in [-0.39, 0.29) is 0 Å². The highest BCUT2D eigenvalue weighted by atomic mass is 16.5. The number of aromatic nitrogens is 3. The van der Waals surface area contributed by atoms with Crippen molar-refractivity contribution in [1.82, 2.24) is 15.1 Å². The van der Waals surface area contributed by atoms with Crippen molar-refractivity contribution in [3.05, 3.63) is 48.2 Å². The van der Waals surface area contributed by atoms with Gasteiger partial charge in [0.05, 0.1) is 0 Å². The summed E-state index contributed by atoms with van der Waals surface area (Å²) in [4.78, 5) is 9.35. The summed E-state index contributed by atoms with van der Waals surface area (Å²) in [6.07, 6.45) is 4.93. The maximum Gasteiger partial charge on any atom is 0.175 e. The summed E-state index contributed by atoms with van der Waals surface area (Å²) in [5.74, 6) is 3.61. The van der Waals surface area contributed by atoms with Crippen molar-refractivity contribution in [2.45, 2.75) is 38.6 Å². The Hall–Kier alpha value is -2.89. The fourth-order valence-electron chi connectivity index (χ4n) is 3.14. The smallest absolute Gasteiger partial charge is 0.175 e. The fourth-order valence-corrected chi connectivity index (χ4v) is 3.14. The lowest BCUT2D eigenvalue weighted by Gasteiger charge is -2.15. The molecule has 128 valence electrons. The average Bonchev–Trinajstić information content (AvgIpc) is 3.27. The highest BCUT2D eigenvalue weighted by Crippen LogP contribution is 2.26. The van der Waals surface area contributed by atoms with Crippen molar-refractivity contribution < 1.29 is 4.52 Å². The Kier molecular flexibility index (Phi) is 4.33. The molecule has 1 saturated carbocycles. The Morgan fingerprint density at radius 1 is 0.960 bits per heavy atom. The minimum atomic E-state index is 0.487. The molecule has 1 aliphatic rings. The third kappa shape index (κ3) is 3.79. The van der Waals surface area contributed by atoms with Crippen LogP contribution in [0.3, 0.4) is 0 Å². The van der Waals surface area contributed by atoms with Crippen LogP contribution < -0.4 is 10.6 Å². The highest BCUT2D eigenvalue weighted by Gasteiger charge is 2.16. The van der Waals surface area contributed by atoms with Crippen LogP contribution in [0.2, 0.25) is 0 Å². The van der Waals surface area contributed by atoms with Crippen LogP contribution in [0.15, 0.2) is 47.0 Å². The lowest BCUT2D eigenvalue weighted by molar-refractivity contribution is 0.400. The van der Waals surface area contributed by atoms with Gasteiger partial charge in [0.25, 0.3) is 0 Å². The second-order valence-electron chi connectivity index (χ2n) is 6.40. The molecule has 2 N–H and O–H groups in total. The molecule has 1 fully saturated rings. The lowest BCUT2D eigenvalue weighted by atomic mass is 10.2. The average molecular weight is 335 g/mol. The van der Waals surface area contributed by atoms with E-state index in [9.17, 15) is 0 Å². The van der Waals surface area contributed by atoms with Gasteiger partial charge in [-0.15, -0.1) is 0 Å². The van der Waals surface area contributed by atoms with Gasteiger partial charge in [-0.25, -0.2) is 9.97 Å². The Balaban J connectivity index is 1.66. The first-order chi connectivity index (χ1) is 12.3. The number of anilines is 3. The number of benzene rings is 1. The molecule has 0 radical (unpaired) electrons. The summed E-state index contributed by atoms with van der Waals surface area (Å²) in [7, 11) is 0. The van der Waals surface area contributed by atoms with Crippen molar-refractivity contribution in [2.75, 3.05) is 10.6 Å². The predicted molar refractivity (Wildman–Crippen MR) is 97.9 cm³/mol. The molecule has 25 heavy (non-hydrogen) atoms. The molecule has 1 aromatic carbocycles. The number of nitrogens with zero attached hydrogens (tertiary/aromatic N) is 3. The molecule has 0 unspecified atom stereocenters. The zero-order chi connectivity index (χ0) is 17.1. The molecule has 2 heterocycles. The largest absolute Gasteiger partial charge is 0.367 e. The number of aryl methyl sites for hydroxylation is 1. The summed E-state index contributed by atoms with van der Waals surface area (Å²) >= 11 is 0. The zero-order valence-corrected chi connectivity index (χ0v) is 14.2. The van der Waals surface area contributed by atoms with Crippen LogP contribution in [0.5, 0.6) is 0 Å². The van der Waals surface area contributed by atoms with Crippen molar-refractivity contribution >= 4 is 17.5 Å². The van der Waals surface area contributed by atoms with Crippen LogP contribution in [-0.2, 0) is 0 Å². The summed E-state index contributed by atoms with van der Waals surface area (Å²) in [6, 6.07) is 14.2. The van der Waals surface area contributed by atoms with E-state index in [1.807, 2.05) is 49.4 Å².